The molecule has 2 rings (SSSR count). The van der Waals surface area contributed by atoms with Crippen molar-refractivity contribution in [1.29, 1.82) is 0 Å². The Hall–Kier alpha value is -0.620. The summed E-state index contributed by atoms with van der Waals surface area (Å²) < 4.78 is 7.08. The van der Waals surface area contributed by atoms with E-state index in [9.17, 15) is 0 Å². The number of rotatable bonds is 6. The summed E-state index contributed by atoms with van der Waals surface area (Å²) in [6, 6.07) is 0.0648. The lowest BCUT2D eigenvalue weighted by Gasteiger charge is -2.29. The Labute approximate surface area is 132 Å². The summed E-state index contributed by atoms with van der Waals surface area (Å²) in [6.45, 7) is 1.32. The van der Waals surface area contributed by atoms with E-state index in [1.54, 1.807) is 13.3 Å². The number of ether oxygens (including phenoxy) is 1. The number of nitrogens with two attached hydrogens (primary N) is 1. The van der Waals surface area contributed by atoms with E-state index in [0.717, 1.165) is 5.69 Å². The first-order chi connectivity index (χ1) is 10.3. The highest BCUT2D eigenvalue weighted by atomic mass is 35.5. The summed E-state index contributed by atoms with van der Waals surface area (Å²) in [7, 11) is 1.69. The highest BCUT2D eigenvalue weighted by molar-refractivity contribution is 6.31. The third kappa shape index (κ3) is 4.42. The molecular weight excluding hydrogens is 288 g/mol. The summed E-state index contributed by atoms with van der Waals surface area (Å²) >= 11 is 6.37. The van der Waals surface area contributed by atoms with Gasteiger partial charge in [-0.2, -0.15) is 5.10 Å². The summed E-state index contributed by atoms with van der Waals surface area (Å²) in [5, 5.41) is 5.06. The van der Waals surface area contributed by atoms with E-state index >= 15 is 0 Å². The van der Waals surface area contributed by atoms with Crippen LogP contribution in [0, 0.1) is 5.92 Å². The predicted molar refractivity (Wildman–Crippen MR) is 85.0 cm³/mol. The highest BCUT2D eigenvalue weighted by Gasteiger charge is 2.27. The Bertz CT molecular complexity index is 416. The first kappa shape index (κ1) is 16.7. The van der Waals surface area contributed by atoms with Gasteiger partial charge in [0, 0.05) is 7.11 Å². The molecule has 0 amide bonds. The van der Waals surface area contributed by atoms with Crippen LogP contribution in [0.1, 0.15) is 56.7 Å². The average Bonchev–Trinajstić information content (AvgIpc) is 2.81. The van der Waals surface area contributed by atoms with Crippen molar-refractivity contribution >= 4 is 11.6 Å². The zero-order valence-electron chi connectivity index (χ0n) is 12.9. The van der Waals surface area contributed by atoms with E-state index in [0.29, 0.717) is 24.1 Å². The molecule has 6 heteroatoms. The van der Waals surface area contributed by atoms with Gasteiger partial charge in [0.25, 0.3) is 0 Å². The Balaban J connectivity index is 2.16. The van der Waals surface area contributed by atoms with Crippen molar-refractivity contribution < 1.29 is 4.74 Å². The molecule has 1 fully saturated rings. The molecule has 3 N–H and O–H groups in total. The van der Waals surface area contributed by atoms with Crippen LogP contribution in [0.2, 0.25) is 5.02 Å². The average molecular weight is 315 g/mol. The van der Waals surface area contributed by atoms with Crippen molar-refractivity contribution in [3.8, 4) is 0 Å². The van der Waals surface area contributed by atoms with Crippen LogP contribution >= 0.6 is 11.6 Å². The minimum absolute atomic E-state index is 0.0648. The van der Waals surface area contributed by atoms with Gasteiger partial charge in [-0.05, 0) is 18.8 Å². The molecule has 0 aromatic carbocycles. The number of aromatic nitrogens is 2. The van der Waals surface area contributed by atoms with Crippen LogP contribution in [0.15, 0.2) is 6.20 Å². The lowest BCUT2D eigenvalue weighted by atomic mass is 9.84. The maximum Gasteiger partial charge on any atom is 0.0834 e. The van der Waals surface area contributed by atoms with Crippen LogP contribution in [0.25, 0.3) is 0 Å². The van der Waals surface area contributed by atoms with Gasteiger partial charge in [0.15, 0.2) is 0 Å². The second-order valence-corrected chi connectivity index (χ2v) is 6.25. The van der Waals surface area contributed by atoms with Crippen LogP contribution in [-0.2, 0) is 11.3 Å². The fraction of sp³-hybridized carbons (Fsp3) is 0.800. The molecule has 1 aliphatic carbocycles. The van der Waals surface area contributed by atoms with Crippen molar-refractivity contribution in [2.45, 2.75) is 57.5 Å². The molecule has 0 saturated heterocycles. The topological polar surface area (TPSA) is 65.1 Å². The van der Waals surface area contributed by atoms with Crippen molar-refractivity contribution in [3.05, 3.63) is 16.9 Å². The Morgan fingerprint density at radius 2 is 2.05 bits per heavy atom. The van der Waals surface area contributed by atoms with Crippen LogP contribution < -0.4 is 11.3 Å². The largest absolute Gasteiger partial charge is 0.383 e. The molecule has 1 heterocycles. The minimum atomic E-state index is 0.0648. The van der Waals surface area contributed by atoms with Gasteiger partial charge in [0.1, 0.15) is 0 Å². The number of methoxy groups -OCH3 is 1. The smallest absolute Gasteiger partial charge is 0.0834 e. The fourth-order valence-electron chi connectivity index (χ4n) is 3.30. The first-order valence-electron chi connectivity index (χ1n) is 7.94. The first-order valence-corrected chi connectivity index (χ1v) is 8.32. The van der Waals surface area contributed by atoms with Gasteiger partial charge in [-0.3, -0.25) is 16.0 Å². The molecule has 0 aliphatic heterocycles. The van der Waals surface area contributed by atoms with Crippen LogP contribution in [-0.4, -0.2) is 23.5 Å². The third-order valence-corrected chi connectivity index (χ3v) is 4.73. The van der Waals surface area contributed by atoms with Crippen molar-refractivity contribution in [2.24, 2.45) is 11.8 Å². The highest BCUT2D eigenvalue weighted by Crippen LogP contribution is 2.35. The van der Waals surface area contributed by atoms with Gasteiger partial charge in [-0.25, -0.2) is 0 Å². The molecule has 0 spiro atoms. The molecule has 5 nitrogen and oxygen atoms in total. The van der Waals surface area contributed by atoms with E-state index in [-0.39, 0.29) is 6.04 Å². The maximum atomic E-state index is 6.37. The number of hydrazine groups is 1. The summed E-state index contributed by atoms with van der Waals surface area (Å²) in [6.07, 6.45) is 10.6. The second-order valence-electron chi connectivity index (χ2n) is 5.84. The number of halogens is 1. The Kier molecular flexibility index (Phi) is 6.96. The molecule has 1 aliphatic rings. The van der Waals surface area contributed by atoms with Gasteiger partial charge in [0.05, 0.1) is 36.1 Å². The van der Waals surface area contributed by atoms with Crippen molar-refractivity contribution in [3.63, 3.8) is 0 Å². The quantitative estimate of drug-likeness (QED) is 0.625. The van der Waals surface area contributed by atoms with Crippen LogP contribution in [0.4, 0.5) is 0 Å². The molecule has 120 valence electrons. The Morgan fingerprint density at radius 1 is 1.38 bits per heavy atom. The van der Waals surface area contributed by atoms with E-state index in [1.165, 1.54) is 44.9 Å². The van der Waals surface area contributed by atoms with E-state index in [2.05, 4.69) is 10.5 Å². The summed E-state index contributed by atoms with van der Waals surface area (Å²) in [4.78, 5) is 0. The van der Waals surface area contributed by atoms with Crippen LogP contribution in [0.3, 0.4) is 0 Å². The number of hydrogen-bond donors (Lipinski definition) is 2. The summed E-state index contributed by atoms with van der Waals surface area (Å²) in [5.41, 5.74) is 4.00. The molecule has 1 unspecified atom stereocenters. The molecule has 1 saturated carbocycles. The van der Waals surface area contributed by atoms with Gasteiger partial charge < -0.3 is 4.74 Å². The monoisotopic (exact) mass is 314 g/mol. The molecular formula is C15H27ClN4O. The van der Waals surface area contributed by atoms with Crippen molar-refractivity contribution in [1.82, 2.24) is 15.2 Å². The second kappa shape index (κ2) is 8.73. The van der Waals surface area contributed by atoms with E-state index in [1.807, 2.05) is 4.68 Å². The SMILES string of the molecule is COCCn1ncc(Cl)c1C(NN)C1CCCCCCC1. The zero-order chi connectivity index (χ0) is 15.1. The van der Waals surface area contributed by atoms with Gasteiger partial charge >= 0.3 is 0 Å². The fourth-order valence-corrected chi connectivity index (χ4v) is 3.56. The van der Waals surface area contributed by atoms with Gasteiger partial charge in [0.2, 0.25) is 0 Å². The molecule has 1 atom stereocenters. The third-order valence-electron chi connectivity index (χ3n) is 4.44. The minimum Gasteiger partial charge on any atom is -0.383 e. The van der Waals surface area contributed by atoms with Gasteiger partial charge in [-0.1, -0.05) is 43.7 Å². The van der Waals surface area contributed by atoms with E-state index < -0.39 is 0 Å². The maximum absolute atomic E-state index is 6.37. The van der Waals surface area contributed by atoms with Crippen LogP contribution in [0.5, 0.6) is 0 Å². The lowest BCUT2D eigenvalue weighted by molar-refractivity contribution is 0.179. The number of nitrogens with one attached hydrogen (secondary N) is 1. The van der Waals surface area contributed by atoms with E-state index in [4.69, 9.17) is 22.2 Å². The lowest BCUT2D eigenvalue weighted by Crippen LogP contribution is -2.36. The number of hydrogen-bond acceptors (Lipinski definition) is 4. The molecule has 1 aromatic heterocycles. The molecule has 1 aromatic rings. The molecule has 0 radical (unpaired) electrons. The number of nitrogens with zero attached hydrogens (tertiary/aromatic N) is 2. The molecule has 21 heavy (non-hydrogen) atoms. The molecule has 0 bridgehead atoms. The normalized spacial score (nSPS) is 19.2. The standard InChI is InChI=1S/C15H27ClN4O/c1-21-10-9-20-15(13(16)11-18-20)14(19-17)12-7-5-3-2-4-6-8-12/h11-12,14,19H,2-10,17H2,1H3. The summed E-state index contributed by atoms with van der Waals surface area (Å²) in [5.74, 6) is 6.39. The zero-order valence-corrected chi connectivity index (χ0v) is 13.6. The Morgan fingerprint density at radius 3 is 2.67 bits per heavy atom. The van der Waals surface area contributed by atoms with Crippen molar-refractivity contribution in [2.75, 3.05) is 13.7 Å². The van der Waals surface area contributed by atoms with Gasteiger partial charge in [-0.15, -0.1) is 0 Å². The predicted octanol–water partition coefficient (Wildman–Crippen LogP) is 3.05.